The fraction of sp³-hybridized carbons (Fsp3) is 0.529. The Labute approximate surface area is 124 Å². The second-order valence-corrected chi connectivity index (χ2v) is 6.34. The average Bonchev–Trinajstić information content (AvgIpc) is 2.88. The topological polar surface area (TPSA) is 55.1 Å². The minimum atomic E-state index is -0.881. The van der Waals surface area contributed by atoms with Crippen molar-refractivity contribution in [2.75, 3.05) is 0 Å². The highest BCUT2D eigenvalue weighted by Gasteiger charge is 2.19. The number of fused-ring (bicyclic) bond motifs is 1. The predicted octanol–water partition coefficient (Wildman–Crippen LogP) is 3.95. The molecule has 1 fully saturated rings. The van der Waals surface area contributed by atoms with Crippen LogP contribution in [0.15, 0.2) is 24.5 Å². The molecule has 0 bridgehead atoms. The Morgan fingerprint density at radius 3 is 3.05 bits per heavy atom. The maximum Gasteiger partial charge on any atom is 0.337 e. The van der Waals surface area contributed by atoms with Crippen LogP contribution in [0.4, 0.5) is 0 Å². The molecule has 0 radical (unpaired) electrons. The van der Waals surface area contributed by atoms with Crippen molar-refractivity contribution < 1.29 is 9.90 Å². The summed E-state index contributed by atoms with van der Waals surface area (Å²) in [5.41, 5.74) is 1.88. The lowest BCUT2D eigenvalue weighted by Crippen LogP contribution is -2.15. The van der Waals surface area contributed by atoms with Crippen LogP contribution in [-0.4, -0.2) is 20.6 Å². The molecule has 1 heterocycles. The van der Waals surface area contributed by atoms with Crippen molar-refractivity contribution in [3.63, 3.8) is 0 Å². The first-order chi connectivity index (χ1) is 10.1. The normalized spacial score (nSPS) is 22.5. The van der Waals surface area contributed by atoms with Crippen LogP contribution in [0.3, 0.4) is 0 Å². The molecule has 0 amide bonds. The molecule has 21 heavy (non-hydrogen) atoms. The quantitative estimate of drug-likeness (QED) is 0.925. The number of rotatable bonds is 4. The van der Waals surface area contributed by atoms with E-state index in [9.17, 15) is 9.90 Å². The van der Waals surface area contributed by atoms with Gasteiger partial charge in [0.1, 0.15) is 0 Å². The molecule has 4 nitrogen and oxygen atoms in total. The first-order valence-electron chi connectivity index (χ1n) is 7.82. The molecular formula is C17H22N2O2. The number of nitrogens with zero attached hydrogens (tertiary/aromatic N) is 2. The Hall–Kier alpha value is -1.84. The van der Waals surface area contributed by atoms with Gasteiger partial charge in [-0.3, -0.25) is 0 Å². The Kier molecular flexibility index (Phi) is 3.95. The second kappa shape index (κ2) is 5.88. The van der Waals surface area contributed by atoms with Gasteiger partial charge in [0.2, 0.25) is 0 Å². The van der Waals surface area contributed by atoms with Gasteiger partial charge in [0.25, 0.3) is 0 Å². The van der Waals surface area contributed by atoms with E-state index in [1.165, 1.54) is 25.7 Å². The lowest BCUT2D eigenvalue weighted by molar-refractivity contribution is 0.0698. The summed E-state index contributed by atoms with van der Waals surface area (Å²) in [6, 6.07) is 5.29. The van der Waals surface area contributed by atoms with Crippen molar-refractivity contribution in [1.29, 1.82) is 0 Å². The summed E-state index contributed by atoms with van der Waals surface area (Å²) in [7, 11) is 0. The van der Waals surface area contributed by atoms with Crippen LogP contribution in [0.1, 0.15) is 49.4 Å². The number of hydrogen-bond donors (Lipinski definition) is 1. The van der Waals surface area contributed by atoms with Crippen molar-refractivity contribution in [2.24, 2.45) is 11.8 Å². The summed E-state index contributed by atoms with van der Waals surface area (Å²) < 4.78 is 2.01. The van der Waals surface area contributed by atoms with Crippen LogP contribution in [-0.2, 0) is 6.54 Å². The van der Waals surface area contributed by atoms with Crippen LogP contribution in [0, 0.1) is 11.8 Å². The highest BCUT2D eigenvalue weighted by atomic mass is 16.4. The van der Waals surface area contributed by atoms with Gasteiger partial charge in [-0.05, 0) is 36.8 Å². The molecule has 1 aromatic carbocycles. The van der Waals surface area contributed by atoms with Crippen molar-refractivity contribution in [3.05, 3.63) is 30.1 Å². The first-order valence-corrected chi connectivity index (χ1v) is 7.82. The minimum absolute atomic E-state index is 0.349. The average molecular weight is 286 g/mol. The van der Waals surface area contributed by atoms with Gasteiger partial charge < -0.3 is 9.67 Å². The number of aryl methyl sites for hydroxylation is 1. The van der Waals surface area contributed by atoms with E-state index in [-0.39, 0.29) is 0 Å². The third-order valence-electron chi connectivity index (χ3n) is 4.69. The smallest absolute Gasteiger partial charge is 0.337 e. The zero-order chi connectivity index (χ0) is 14.8. The molecule has 2 unspecified atom stereocenters. The molecule has 1 saturated carbocycles. The molecule has 0 spiro atoms. The molecule has 1 N–H and O–H groups in total. The SMILES string of the molecule is CC1CCCC(CCn2cnc3cccc(C(=O)O)c32)C1. The summed E-state index contributed by atoms with van der Waals surface area (Å²) in [5.74, 6) is 0.717. The van der Waals surface area contributed by atoms with E-state index in [2.05, 4.69) is 11.9 Å². The first kappa shape index (κ1) is 14.1. The third-order valence-corrected chi connectivity index (χ3v) is 4.69. The van der Waals surface area contributed by atoms with Gasteiger partial charge in [0.15, 0.2) is 0 Å². The van der Waals surface area contributed by atoms with Crippen molar-refractivity contribution in [2.45, 2.75) is 45.6 Å². The van der Waals surface area contributed by atoms with Crippen LogP contribution < -0.4 is 0 Å². The fourth-order valence-electron chi connectivity index (χ4n) is 3.61. The van der Waals surface area contributed by atoms with Crippen molar-refractivity contribution in [3.8, 4) is 0 Å². The molecule has 1 aromatic heterocycles. The lowest BCUT2D eigenvalue weighted by Gasteiger charge is -2.26. The number of hydrogen-bond acceptors (Lipinski definition) is 2. The molecule has 0 saturated heterocycles. The standard InChI is InChI=1S/C17H22N2O2/c1-12-4-2-5-13(10-12)8-9-19-11-18-15-7-3-6-14(16(15)19)17(20)21/h3,6-7,11-13H,2,4-5,8-10H2,1H3,(H,20,21). The van der Waals surface area contributed by atoms with E-state index in [1.807, 2.05) is 10.6 Å². The molecule has 112 valence electrons. The number of benzene rings is 1. The van der Waals surface area contributed by atoms with Gasteiger partial charge in [-0.15, -0.1) is 0 Å². The molecular weight excluding hydrogens is 264 g/mol. The monoisotopic (exact) mass is 286 g/mol. The van der Waals surface area contributed by atoms with Crippen LogP contribution in [0.2, 0.25) is 0 Å². The maximum atomic E-state index is 11.4. The molecule has 3 rings (SSSR count). The van der Waals surface area contributed by atoms with E-state index in [4.69, 9.17) is 0 Å². The largest absolute Gasteiger partial charge is 0.478 e. The van der Waals surface area contributed by atoms with Crippen LogP contribution in [0.25, 0.3) is 11.0 Å². The molecule has 2 aromatic rings. The summed E-state index contributed by atoms with van der Waals surface area (Å²) in [5, 5.41) is 9.34. The summed E-state index contributed by atoms with van der Waals surface area (Å²) in [4.78, 5) is 15.7. The zero-order valence-electron chi connectivity index (χ0n) is 12.5. The predicted molar refractivity (Wildman–Crippen MR) is 82.4 cm³/mol. The minimum Gasteiger partial charge on any atom is -0.478 e. The number of aromatic carboxylic acids is 1. The van der Waals surface area contributed by atoms with E-state index in [0.717, 1.165) is 35.8 Å². The Balaban J connectivity index is 1.79. The van der Waals surface area contributed by atoms with E-state index < -0.39 is 5.97 Å². The Morgan fingerprint density at radius 2 is 2.29 bits per heavy atom. The number of imidazole rings is 1. The number of carboxylic acids is 1. The highest BCUT2D eigenvalue weighted by Crippen LogP contribution is 2.31. The number of para-hydroxylation sites is 1. The maximum absolute atomic E-state index is 11.4. The second-order valence-electron chi connectivity index (χ2n) is 6.34. The van der Waals surface area contributed by atoms with Gasteiger partial charge in [0.05, 0.1) is 22.9 Å². The highest BCUT2D eigenvalue weighted by molar-refractivity contribution is 6.01. The van der Waals surface area contributed by atoms with E-state index >= 15 is 0 Å². The lowest BCUT2D eigenvalue weighted by atomic mass is 9.81. The van der Waals surface area contributed by atoms with Crippen molar-refractivity contribution >= 4 is 17.0 Å². The van der Waals surface area contributed by atoms with Crippen molar-refractivity contribution in [1.82, 2.24) is 9.55 Å². The van der Waals surface area contributed by atoms with Crippen LogP contribution >= 0.6 is 0 Å². The van der Waals surface area contributed by atoms with Gasteiger partial charge in [-0.2, -0.15) is 0 Å². The molecule has 2 atom stereocenters. The Morgan fingerprint density at radius 1 is 1.43 bits per heavy atom. The Bertz CT molecular complexity index is 647. The van der Waals surface area contributed by atoms with E-state index in [0.29, 0.717) is 5.56 Å². The zero-order valence-corrected chi connectivity index (χ0v) is 12.5. The molecule has 1 aliphatic carbocycles. The third kappa shape index (κ3) is 2.94. The summed E-state index contributed by atoms with van der Waals surface area (Å²) in [6.45, 7) is 3.19. The van der Waals surface area contributed by atoms with E-state index in [1.54, 1.807) is 18.5 Å². The van der Waals surface area contributed by atoms with Gasteiger partial charge in [-0.25, -0.2) is 9.78 Å². The molecule has 1 aliphatic rings. The summed E-state index contributed by atoms with van der Waals surface area (Å²) >= 11 is 0. The van der Waals surface area contributed by atoms with Gasteiger partial charge in [-0.1, -0.05) is 32.3 Å². The number of carboxylic acid groups (broad SMARTS) is 1. The number of aromatic nitrogens is 2. The summed E-state index contributed by atoms with van der Waals surface area (Å²) in [6.07, 6.45) is 8.19. The number of carbonyl (C=O) groups is 1. The fourth-order valence-corrected chi connectivity index (χ4v) is 3.61. The molecule has 0 aliphatic heterocycles. The molecule has 4 heteroatoms. The van der Waals surface area contributed by atoms with Crippen LogP contribution in [0.5, 0.6) is 0 Å². The van der Waals surface area contributed by atoms with Gasteiger partial charge >= 0.3 is 5.97 Å². The van der Waals surface area contributed by atoms with Gasteiger partial charge in [0, 0.05) is 6.54 Å².